The van der Waals surface area contributed by atoms with Crippen LogP contribution in [0.1, 0.15) is 11.4 Å². The smallest absolute Gasteiger partial charge is 0.326 e. The van der Waals surface area contributed by atoms with Gasteiger partial charge in [-0.2, -0.15) is 15.1 Å². The molecule has 2 N–H and O–H groups in total. The average Bonchev–Trinajstić information content (AvgIpc) is 3.34. The van der Waals surface area contributed by atoms with Gasteiger partial charge in [0.15, 0.2) is 23.2 Å². The third kappa shape index (κ3) is 4.26. The van der Waals surface area contributed by atoms with E-state index in [0.717, 1.165) is 37.9 Å². The summed E-state index contributed by atoms with van der Waals surface area (Å²) in [5, 5.41) is 7.69. The lowest BCUT2D eigenvalue weighted by molar-refractivity contribution is 0.311. The first-order chi connectivity index (χ1) is 16.3. The minimum absolute atomic E-state index is 0.0866. The third-order valence-corrected chi connectivity index (χ3v) is 5.99. The van der Waals surface area contributed by atoms with Crippen LogP contribution in [0.15, 0.2) is 24.3 Å². The van der Waals surface area contributed by atoms with Crippen molar-refractivity contribution < 1.29 is 13.5 Å². The molecule has 178 valence electrons. The van der Waals surface area contributed by atoms with E-state index in [2.05, 4.69) is 42.2 Å². The van der Waals surface area contributed by atoms with Crippen LogP contribution in [-0.2, 0) is 7.05 Å². The molecule has 0 spiro atoms. The predicted molar refractivity (Wildman–Crippen MR) is 126 cm³/mol. The zero-order valence-corrected chi connectivity index (χ0v) is 19.5. The Balaban J connectivity index is 1.52. The summed E-state index contributed by atoms with van der Waals surface area (Å²) in [6.45, 7) is 6.98. The van der Waals surface area contributed by atoms with Crippen LogP contribution in [0.3, 0.4) is 0 Å². The number of likely N-dealkylation sites (N-methyl/N-ethyl adjacent to an activating group) is 1. The number of H-pyrrole nitrogens is 1. The Morgan fingerprint density at radius 2 is 1.74 bits per heavy atom. The molecule has 0 saturated carbocycles. The normalized spacial score (nSPS) is 14.7. The second-order valence-electron chi connectivity index (χ2n) is 8.62. The summed E-state index contributed by atoms with van der Waals surface area (Å²) in [5.74, 6) is 0.111. The Labute approximate surface area is 195 Å². The monoisotopic (exact) mass is 468 g/mol. The van der Waals surface area contributed by atoms with Crippen LogP contribution < -0.4 is 15.0 Å². The molecular weight excluding hydrogens is 442 g/mol. The second-order valence-corrected chi connectivity index (χ2v) is 8.62. The molecule has 0 aliphatic carbocycles. The van der Waals surface area contributed by atoms with Crippen molar-refractivity contribution in [3.05, 3.63) is 47.3 Å². The minimum atomic E-state index is -0.677. The molecule has 5 rings (SSSR count). The number of benzene rings is 1. The van der Waals surface area contributed by atoms with Crippen molar-refractivity contribution in [2.75, 3.05) is 43.4 Å². The van der Waals surface area contributed by atoms with Crippen molar-refractivity contribution in [2.45, 2.75) is 13.8 Å². The molecule has 1 aliphatic rings. The Bertz CT molecular complexity index is 1340. The summed E-state index contributed by atoms with van der Waals surface area (Å²) < 4.78 is 37.2. The van der Waals surface area contributed by atoms with Crippen LogP contribution >= 0.6 is 0 Å². The Morgan fingerprint density at radius 1 is 0.971 bits per heavy atom. The van der Waals surface area contributed by atoms with Gasteiger partial charge in [0.05, 0.1) is 5.52 Å². The van der Waals surface area contributed by atoms with Crippen LogP contribution in [0.4, 0.5) is 26.2 Å². The van der Waals surface area contributed by atoms with Gasteiger partial charge in [-0.25, -0.2) is 8.78 Å². The van der Waals surface area contributed by atoms with Gasteiger partial charge in [-0.3, -0.25) is 4.68 Å². The highest BCUT2D eigenvalue weighted by molar-refractivity contribution is 5.83. The number of fused-ring (bicyclic) bond motifs is 1. The van der Waals surface area contributed by atoms with Gasteiger partial charge in [0.2, 0.25) is 0 Å². The number of aryl methyl sites for hydroxylation is 3. The standard InChI is InChI=1S/C23H26F2N8O/c1-13-9-15-21(25)17(11-16(24)22(15)26-13)34-23-28-18(27-19-10-14(2)32(4)30-19)12-20(29-23)33-7-5-31(3)6-8-33/h9-12,26H,5-8H2,1-4H3,(H,27,28,29,30). The van der Waals surface area contributed by atoms with Crippen LogP contribution in [0, 0.1) is 25.5 Å². The first-order valence-electron chi connectivity index (χ1n) is 11.0. The van der Waals surface area contributed by atoms with Crippen molar-refractivity contribution >= 4 is 28.4 Å². The number of hydrogen-bond acceptors (Lipinski definition) is 7. The van der Waals surface area contributed by atoms with E-state index in [-0.39, 0.29) is 22.7 Å². The predicted octanol–water partition coefficient (Wildman–Crippen LogP) is 3.87. The molecule has 4 aromatic rings. The van der Waals surface area contributed by atoms with E-state index < -0.39 is 11.6 Å². The number of aromatic amines is 1. The fourth-order valence-electron chi connectivity index (χ4n) is 3.98. The van der Waals surface area contributed by atoms with Crippen LogP contribution in [0.5, 0.6) is 11.8 Å². The van der Waals surface area contributed by atoms with Gasteiger partial charge in [0, 0.05) is 68.2 Å². The number of halogens is 2. The number of anilines is 3. The van der Waals surface area contributed by atoms with Gasteiger partial charge in [-0.15, -0.1) is 0 Å². The summed E-state index contributed by atoms with van der Waals surface area (Å²) >= 11 is 0. The molecule has 1 aromatic carbocycles. The van der Waals surface area contributed by atoms with E-state index in [0.29, 0.717) is 23.1 Å². The quantitative estimate of drug-likeness (QED) is 0.460. The molecule has 0 atom stereocenters. The van der Waals surface area contributed by atoms with E-state index in [1.54, 1.807) is 23.7 Å². The number of nitrogens with one attached hydrogen (secondary N) is 2. The lowest BCUT2D eigenvalue weighted by Crippen LogP contribution is -2.44. The lowest BCUT2D eigenvalue weighted by atomic mass is 10.2. The molecule has 1 aliphatic heterocycles. The van der Waals surface area contributed by atoms with Crippen molar-refractivity contribution in [3.8, 4) is 11.8 Å². The second kappa shape index (κ2) is 8.56. The molecule has 3 aromatic heterocycles. The highest BCUT2D eigenvalue weighted by atomic mass is 19.1. The van der Waals surface area contributed by atoms with Gasteiger partial charge in [0.25, 0.3) is 0 Å². The number of nitrogens with zero attached hydrogens (tertiary/aromatic N) is 6. The summed E-state index contributed by atoms with van der Waals surface area (Å²) in [6, 6.07) is 6.15. The van der Waals surface area contributed by atoms with E-state index in [9.17, 15) is 4.39 Å². The molecule has 4 heterocycles. The Hall–Kier alpha value is -3.73. The number of rotatable bonds is 5. The molecule has 0 bridgehead atoms. The molecule has 1 fully saturated rings. The van der Waals surface area contributed by atoms with Crippen LogP contribution in [0.2, 0.25) is 0 Å². The first kappa shape index (κ1) is 22.1. The highest BCUT2D eigenvalue weighted by Crippen LogP contribution is 2.33. The SMILES string of the molecule is Cc1cc2c(F)c(Oc3nc(Nc4cc(C)n(C)n4)cc(N4CCN(C)CC4)n3)cc(F)c2[nH]1. The highest BCUT2D eigenvalue weighted by Gasteiger charge is 2.21. The third-order valence-electron chi connectivity index (χ3n) is 5.99. The lowest BCUT2D eigenvalue weighted by Gasteiger charge is -2.33. The van der Waals surface area contributed by atoms with E-state index in [1.165, 1.54) is 0 Å². The zero-order chi connectivity index (χ0) is 24.0. The van der Waals surface area contributed by atoms with Gasteiger partial charge in [-0.1, -0.05) is 0 Å². The molecule has 11 heteroatoms. The van der Waals surface area contributed by atoms with Gasteiger partial charge < -0.3 is 24.8 Å². The maximum atomic E-state index is 15.1. The molecule has 0 radical (unpaired) electrons. The summed E-state index contributed by atoms with van der Waals surface area (Å²) in [6.07, 6.45) is 0. The fourth-order valence-corrected chi connectivity index (χ4v) is 3.98. The molecule has 0 unspecified atom stereocenters. The van der Waals surface area contributed by atoms with Crippen LogP contribution in [-0.4, -0.2) is 62.9 Å². The maximum Gasteiger partial charge on any atom is 0.326 e. The largest absolute Gasteiger partial charge is 0.421 e. The van der Waals surface area contributed by atoms with Crippen LogP contribution in [0.25, 0.3) is 10.9 Å². The van der Waals surface area contributed by atoms with Gasteiger partial charge in [0.1, 0.15) is 11.6 Å². The number of hydrogen-bond donors (Lipinski definition) is 2. The molecule has 34 heavy (non-hydrogen) atoms. The summed E-state index contributed by atoms with van der Waals surface area (Å²) in [7, 11) is 3.92. The Morgan fingerprint density at radius 3 is 2.44 bits per heavy atom. The van der Waals surface area contributed by atoms with E-state index in [1.807, 2.05) is 20.0 Å². The van der Waals surface area contributed by atoms with Crippen molar-refractivity contribution in [2.24, 2.45) is 7.05 Å². The molecule has 9 nitrogen and oxygen atoms in total. The topological polar surface area (TPSA) is 87.1 Å². The zero-order valence-electron chi connectivity index (χ0n) is 19.5. The van der Waals surface area contributed by atoms with Crippen molar-refractivity contribution in [1.29, 1.82) is 0 Å². The number of aromatic nitrogens is 5. The fraction of sp³-hybridized carbons (Fsp3) is 0.348. The van der Waals surface area contributed by atoms with E-state index >= 15 is 4.39 Å². The van der Waals surface area contributed by atoms with Gasteiger partial charge in [-0.05, 0) is 27.0 Å². The molecule has 1 saturated heterocycles. The maximum absolute atomic E-state index is 15.1. The Kier molecular flexibility index (Phi) is 5.56. The number of ether oxygens (including phenoxy) is 1. The summed E-state index contributed by atoms with van der Waals surface area (Å²) in [5.41, 5.74) is 1.72. The van der Waals surface area contributed by atoms with Gasteiger partial charge >= 0.3 is 6.01 Å². The number of piperazine rings is 1. The molecule has 0 amide bonds. The minimum Gasteiger partial charge on any atom is -0.421 e. The first-order valence-corrected chi connectivity index (χ1v) is 11.0. The summed E-state index contributed by atoms with van der Waals surface area (Å²) in [4.78, 5) is 16.1. The van der Waals surface area contributed by atoms with E-state index in [4.69, 9.17) is 4.74 Å². The van der Waals surface area contributed by atoms with Crippen molar-refractivity contribution in [1.82, 2.24) is 29.6 Å². The van der Waals surface area contributed by atoms with Crippen molar-refractivity contribution in [3.63, 3.8) is 0 Å². The average molecular weight is 469 g/mol. The molecular formula is C23H26F2N8O.